The Morgan fingerprint density at radius 2 is 1.57 bits per heavy atom. The van der Waals surface area contributed by atoms with Gasteiger partial charge in [0.1, 0.15) is 12.4 Å². The van der Waals surface area contributed by atoms with Crippen molar-refractivity contribution in [1.29, 1.82) is 0 Å². The molecule has 0 aliphatic carbocycles. The molecule has 0 saturated heterocycles. The van der Waals surface area contributed by atoms with E-state index in [4.69, 9.17) is 9.84 Å². The van der Waals surface area contributed by atoms with Gasteiger partial charge in [0.05, 0.1) is 0 Å². The van der Waals surface area contributed by atoms with Gasteiger partial charge in [-0.25, -0.2) is 4.79 Å². The fourth-order valence-corrected chi connectivity index (χ4v) is 1.70. The van der Waals surface area contributed by atoms with Gasteiger partial charge in [-0.1, -0.05) is 36.4 Å². The second-order valence-corrected chi connectivity index (χ2v) is 4.35. The Morgan fingerprint density at radius 1 is 1.00 bits per heavy atom. The molecular formula is C16H15NO4. The smallest absolute Gasteiger partial charge is 0.329 e. The van der Waals surface area contributed by atoms with Gasteiger partial charge in [-0.3, -0.25) is 4.79 Å². The summed E-state index contributed by atoms with van der Waals surface area (Å²) in [5.74, 6) is -1.03. The second kappa shape index (κ2) is 7.09. The minimum Gasteiger partial charge on any atom is -0.491 e. The standard InChI is InChI=1S/C16H15NO4/c18-15(12-7-3-1-4-8-12)17-14(16(19)20)11-21-13-9-5-2-6-10-13/h1-10,14H,11H2,(H,17,18)(H,19,20). The molecule has 0 radical (unpaired) electrons. The molecule has 108 valence electrons. The molecule has 5 heteroatoms. The van der Waals surface area contributed by atoms with E-state index < -0.39 is 17.9 Å². The summed E-state index contributed by atoms with van der Waals surface area (Å²) in [5, 5.41) is 11.6. The Kier molecular flexibility index (Phi) is 4.93. The van der Waals surface area contributed by atoms with Gasteiger partial charge in [-0.05, 0) is 24.3 Å². The monoisotopic (exact) mass is 285 g/mol. The van der Waals surface area contributed by atoms with Crippen molar-refractivity contribution in [2.24, 2.45) is 0 Å². The van der Waals surface area contributed by atoms with Crippen LogP contribution in [-0.4, -0.2) is 29.6 Å². The Hall–Kier alpha value is -2.82. The maximum absolute atomic E-state index is 11.9. The summed E-state index contributed by atoms with van der Waals surface area (Å²) in [7, 11) is 0. The molecule has 0 spiro atoms. The molecule has 0 aliphatic rings. The van der Waals surface area contributed by atoms with E-state index >= 15 is 0 Å². The highest BCUT2D eigenvalue weighted by Gasteiger charge is 2.21. The van der Waals surface area contributed by atoms with Gasteiger partial charge < -0.3 is 15.2 Å². The number of hydrogen-bond acceptors (Lipinski definition) is 3. The molecule has 5 nitrogen and oxygen atoms in total. The van der Waals surface area contributed by atoms with Crippen LogP contribution in [0.2, 0.25) is 0 Å². The normalized spacial score (nSPS) is 11.4. The summed E-state index contributed by atoms with van der Waals surface area (Å²) in [6.07, 6.45) is 0. The third-order valence-corrected chi connectivity index (χ3v) is 2.80. The third kappa shape index (κ3) is 4.35. The van der Waals surface area contributed by atoms with Gasteiger partial charge in [-0.2, -0.15) is 0 Å². The van der Waals surface area contributed by atoms with Crippen LogP contribution in [0.15, 0.2) is 60.7 Å². The highest BCUT2D eigenvalue weighted by atomic mass is 16.5. The number of amides is 1. The van der Waals surface area contributed by atoms with Crippen LogP contribution in [0.5, 0.6) is 5.75 Å². The van der Waals surface area contributed by atoms with Crippen LogP contribution in [-0.2, 0) is 4.79 Å². The summed E-state index contributed by atoms with van der Waals surface area (Å²) in [5.41, 5.74) is 0.406. The molecule has 0 fully saturated rings. The SMILES string of the molecule is O=C(NC(COc1ccccc1)C(=O)O)c1ccccc1. The average molecular weight is 285 g/mol. The van der Waals surface area contributed by atoms with Crippen molar-refractivity contribution in [3.63, 3.8) is 0 Å². The Labute approximate surface area is 122 Å². The van der Waals surface area contributed by atoms with E-state index in [-0.39, 0.29) is 6.61 Å². The van der Waals surface area contributed by atoms with Crippen LogP contribution < -0.4 is 10.1 Å². The molecule has 1 atom stereocenters. The van der Waals surface area contributed by atoms with Crippen LogP contribution in [0, 0.1) is 0 Å². The van der Waals surface area contributed by atoms with Crippen LogP contribution in [0.4, 0.5) is 0 Å². The van der Waals surface area contributed by atoms with Gasteiger partial charge in [0.25, 0.3) is 5.91 Å². The van der Waals surface area contributed by atoms with Crippen LogP contribution in [0.3, 0.4) is 0 Å². The lowest BCUT2D eigenvalue weighted by Crippen LogP contribution is -2.44. The van der Waals surface area contributed by atoms with Gasteiger partial charge in [0.15, 0.2) is 6.04 Å². The van der Waals surface area contributed by atoms with Crippen LogP contribution in [0.25, 0.3) is 0 Å². The number of rotatable bonds is 6. The Bertz CT molecular complexity index is 598. The van der Waals surface area contributed by atoms with Crippen LogP contribution >= 0.6 is 0 Å². The molecule has 0 aromatic heterocycles. The predicted octanol–water partition coefficient (Wildman–Crippen LogP) is 1.95. The molecule has 1 amide bonds. The quantitative estimate of drug-likeness (QED) is 0.850. The number of nitrogens with one attached hydrogen (secondary N) is 1. The number of carbonyl (C=O) groups excluding carboxylic acids is 1. The van der Waals surface area contributed by atoms with E-state index in [1.54, 1.807) is 54.6 Å². The van der Waals surface area contributed by atoms with Crippen molar-refractivity contribution in [2.45, 2.75) is 6.04 Å². The zero-order valence-corrected chi connectivity index (χ0v) is 11.2. The molecule has 2 rings (SSSR count). The van der Waals surface area contributed by atoms with E-state index in [0.29, 0.717) is 11.3 Å². The number of aliphatic carboxylic acids is 1. The molecule has 0 bridgehead atoms. The largest absolute Gasteiger partial charge is 0.491 e. The van der Waals surface area contributed by atoms with Gasteiger partial charge in [-0.15, -0.1) is 0 Å². The first kappa shape index (κ1) is 14.6. The minimum atomic E-state index is -1.14. The van der Waals surface area contributed by atoms with Crippen molar-refractivity contribution < 1.29 is 19.4 Å². The molecule has 0 saturated carbocycles. The summed E-state index contributed by atoms with van der Waals surface area (Å²) >= 11 is 0. The Morgan fingerprint density at radius 3 is 2.14 bits per heavy atom. The molecule has 0 aliphatic heterocycles. The summed E-state index contributed by atoms with van der Waals surface area (Å²) in [6.45, 7) is -0.141. The topological polar surface area (TPSA) is 75.6 Å². The number of carbonyl (C=O) groups is 2. The van der Waals surface area contributed by atoms with Gasteiger partial charge in [0.2, 0.25) is 0 Å². The number of ether oxygens (including phenoxy) is 1. The number of carboxylic acid groups (broad SMARTS) is 1. The molecule has 2 aromatic carbocycles. The fraction of sp³-hybridized carbons (Fsp3) is 0.125. The number of para-hydroxylation sites is 1. The van der Waals surface area contributed by atoms with Crippen LogP contribution in [0.1, 0.15) is 10.4 Å². The molecule has 1 unspecified atom stereocenters. The zero-order chi connectivity index (χ0) is 15.1. The lowest BCUT2D eigenvalue weighted by Gasteiger charge is -2.15. The highest BCUT2D eigenvalue weighted by molar-refractivity contribution is 5.96. The number of benzene rings is 2. The summed E-state index contributed by atoms with van der Waals surface area (Å²) in [6, 6.07) is 16.2. The van der Waals surface area contributed by atoms with E-state index in [1.165, 1.54) is 0 Å². The first-order chi connectivity index (χ1) is 10.2. The lowest BCUT2D eigenvalue weighted by atomic mass is 10.2. The molecule has 2 aromatic rings. The minimum absolute atomic E-state index is 0.141. The predicted molar refractivity (Wildman–Crippen MR) is 77.3 cm³/mol. The maximum Gasteiger partial charge on any atom is 0.329 e. The van der Waals surface area contributed by atoms with Gasteiger partial charge >= 0.3 is 5.97 Å². The highest BCUT2D eigenvalue weighted by Crippen LogP contribution is 2.09. The second-order valence-electron chi connectivity index (χ2n) is 4.35. The van der Waals surface area contributed by atoms with E-state index in [1.807, 2.05) is 6.07 Å². The van der Waals surface area contributed by atoms with E-state index in [9.17, 15) is 9.59 Å². The van der Waals surface area contributed by atoms with Gasteiger partial charge in [0, 0.05) is 5.56 Å². The molecular weight excluding hydrogens is 270 g/mol. The molecule has 21 heavy (non-hydrogen) atoms. The zero-order valence-electron chi connectivity index (χ0n) is 11.2. The fourth-order valence-electron chi connectivity index (χ4n) is 1.70. The molecule has 0 heterocycles. The van der Waals surface area contributed by atoms with Crippen molar-refractivity contribution >= 4 is 11.9 Å². The van der Waals surface area contributed by atoms with Crippen molar-refractivity contribution in [3.05, 3.63) is 66.2 Å². The third-order valence-electron chi connectivity index (χ3n) is 2.80. The average Bonchev–Trinajstić information content (AvgIpc) is 2.52. The number of hydrogen-bond donors (Lipinski definition) is 2. The lowest BCUT2D eigenvalue weighted by molar-refractivity contribution is -0.140. The van der Waals surface area contributed by atoms with E-state index in [2.05, 4.69) is 5.32 Å². The van der Waals surface area contributed by atoms with Crippen molar-refractivity contribution in [1.82, 2.24) is 5.32 Å². The first-order valence-corrected chi connectivity index (χ1v) is 6.43. The number of carboxylic acids is 1. The molecule has 2 N–H and O–H groups in total. The first-order valence-electron chi connectivity index (χ1n) is 6.43. The van der Waals surface area contributed by atoms with Crippen molar-refractivity contribution in [2.75, 3.05) is 6.61 Å². The summed E-state index contributed by atoms with van der Waals surface area (Å²) in [4.78, 5) is 23.1. The van der Waals surface area contributed by atoms with E-state index in [0.717, 1.165) is 0 Å². The van der Waals surface area contributed by atoms with Crippen molar-refractivity contribution in [3.8, 4) is 5.75 Å². The Balaban J connectivity index is 1.96. The summed E-state index contributed by atoms with van der Waals surface area (Å²) < 4.78 is 5.37. The maximum atomic E-state index is 11.9.